The van der Waals surface area contributed by atoms with Crippen molar-refractivity contribution in [2.75, 3.05) is 12.4 Å². The second-order valence-corrected chi connectivity index (χ2v) is 8.17. The number of benzene rings is 1. The minimum Gasteiger partial charge on any atom is -0.395 e. The summed E-state index contributed by atoms with van der Waals surface area (Å²) < 4.78 is 37.7. The van der Waals surface area contributed by atoms with Crippen LogP contribution in [0.25, 0.3) is 0 Å². The molecule has 3 nitrogen and oxygen atoms in total. The maximum Gasteiger partial charge on any atom is 0.301 e. The maximum atomic E-state index is 12.9. The van der Waals surface area contributed by atoms with Gasteiger partial charge in [0, 0.05) is 23.9 Å². The lowest BCUT2D eigenvalue weighted by Gasteiger charge is -2.04. The van der Waals surface area contributed by atoms with E-state index in [9.17, 15) is 13.2 Å². The fourth-order valence-electron chi connectivity index (χ4n) is 2.08. The Hall–Kier alpha value is -1.80. The van der Waals surface area contributed by atoms with E-state index < -0.39 is 11.9 Å². The van der Waals surface area contributed by atoms with Gasteiger partial charge in [-0.25, -0.2) is 9.37 Å². The van der Waals surface area contributed by atoms with Gasteiger partial charge in [-0.2, -0.15) is 8.78 Å². The van der Waals surface area contributed by atoms with E-state index >= 15 is 0 Å². The van der Waals surface area contributed by atoms with Crippen molar-refractivity contribution in [2.45, 2.75) is 23.6 Å². The molecule has 8 heteroatoms. The van der Waals surface area contributed by atoms with Gasteiger partial charge in [-0.15, -0.1) is 11.3 Å². The van der Waals surface area contributed by atoms with Crippen molar-refractivity contribution in [2.24, 2.45) is 11.1 Å². The molecule has 1 heterocycles. The smallest absolute Gasteiger partial charge is 0.301 e. The number of thiazole rings is 1. The third kappa shape index (κ3) is 5.60. The quantitative estimate of drug-likeness (QED) is 0.300. The zero-order valence-corrected chi connectivity index (χ0v) is 15.5. The Morgan fingerprint density at radius 3 is 2.69 bits per heavy atom. The number of hydrogen-bond donors (Lipinski definition) is 0. The molecule has 2 aromatic rings. The van der Waals surface area contributed by atoms with Crippen molar-refractivity contribution in [1.29, 1.82) is 0 Å². The Kier molecular flexibility index (Phi) is 6.73. The highest BCUT2D eigenvalue weighted by Crippen LogP contribution is 2.30. The molecule has 0 spiro atoms. The van der Waals surface area contributed by atoms with Crippen LogP contribution >= 0.6 is 23.1 Å². The molecule has 1 fully saturated rings. The van der Waals surface area contributed by atoms with Crippen LogP contribution < -0.4 is 0 Å². The Morgan fingerprint density at radius 2 is 2.00 bits per heavy atom. The molecule has 0 N–H and O–H groups in total. The van der Waals surface area contributed by atoms with Crippen LogP contribution in [-0.4, -0.2) is 23.1 Å². The van der Waals surface area contributed by atoms with Gasteiger partial charge in [-0.3, -0.25) is 0 Å². The SMILES string of the molecule is FC(F)=C(F)CCSc1ncc(/C(=N/OCC2CC2)c2ccccc2)s1. The van der Waals surface area contributed by atoms with Crippen molar-refractivity contribution in [3.8, 4) is 0 Å². The molecule has 138 valence electrons. The molecule has 1 aliphatic rings. The zero-order chi connectivity index (χ0) is 18.4. The van der Waals surface area contributed by atoms with E-state index in [0.717, 1.165) is 10.4 Å². The molecule has 1 aliphatic carbocycles. The number of rotatable bonds is 9. The number of nitrogens with zero attached hydrogens (tertiary/aromatic N) is 2. The first kappa shape index (κ1) is 19.0. The summed E-state index contributed by atoms with van der Waals surface area (Å²) in [5, 5.41) is 4.30. The van der Waals surface area contributed by atoms with Crippen molar-refractivity contribution in [1.82, 2.24) is 4.98 Å². The molecule has 0 bridgehead atoms. The first-order valence-electron chi connectivity index (χ1n) is 8.17. The average molecular weight is 398 g/mol. The van der Waals surface area contributed by atoms with Crippen molar-refractivity contribution < 1.29 is 18.0 Å². The highest BCUT2D eigenvalue weighted by Gasteiger charge is 2.22. The number of hydrogen-bond acceptors (Lipinski definition) is 5. The van der Waals surface area contributed by atoms with Crippen LogP contribution in [0.4, 0.5) is 13.2 Å². The zero-order valence-electron chi connectivity index (χ0n) is 13.8. The van der Waals surface area contributed by atoms with Crippen molar-refractivity contribution in [3.05, 3.63) is 58.9 Å². The summed E-state index contributed by atoms with van der Waals surface area (Å²) in [6.45, 7) is 0.608. The Balaban J connectivity index is 1.68. The Bertz CT molecular complexity index is 785. The summed E-state index contributed by atoms with van der Waals surface area (Å²) in [5.41, 5.74) is 1.61. The van der Waals surface area contributed by atoms with Crippen LogP contribution in [0.15, 0.2) is 57.9 Å². The monoisotopic (exact) mass is 398 g/mol. The standard InChI is InChI=1S/C18H17F3N2OS2/c19-14(17(20)21)8-9-25-18-22-10-15(26-18)16(13-4-2-1-3-5-13)23-24-11-12-6-7-12/h1-5,10,12H,6-9,11H2/b23-16+. The summed E-state index contributed by atoms with van der Waals surface area (Å²) in [4.78, 5) is 10.6. The van der Waals surface area contributed by atoms with Crippen LogP contribution in [0.5, 0.6) is 0 Å². The van der Waals surface area contributed by atoms with Crippen LogP contribution in [0.3, 0.4) is 0 Å². The van der Waals surface area contributed by atoms with Crippen LogP contribution in [0, 0.1) is 5.92 Å². The van der Waals surface area contributed by atoms with Gasteiger partial charge < -0.3 is 4.84 Å². The molecule has 3 rings (SSSR count). The first-order chi connectivity index (χ1) is 12.6. The molecule has 0 amide bonds. The highest BCUT2D eigenvalue weighted by molar-refractivity contribution is 8.01. The van der Waals surface area contributed by atoms with E-state index in [-0.39, 0.29) is 12.2 Å². The minimum absolute atomic E-state index is 0.201. The van der Waals surface area contributed by atoms with Gasteiger partial charge in [0.15, 0.2) is 5.83 Å². The van der Waals surface area contributed by atoms with Crippen molar-refractivity contribution >= 4 is 28.8 Å². The summed E-state index contributed by atoms with van der Waals surface area (Å²) in [7, 11) is 0. The normalized spacial score (nSPS) is 14.3. The van der Waals surface area contributed by atoms with Gasteiger partial charge >= 0.3 is 6.08 Å². The predicted molar refractivity (Wildman–Crippen MR) is 98.6 cm³/mol. The van der Waals surface area contributed by atoms with Crippen LogP contribution in [0.2, 0.25) is 0 Å². The van der Waals surface area contributed by atoms with E-state index in [0.29, 0.717) is 22.6 Å². The van der Waals surface area contributed by atoms with Gasteiger partial charge in [0.25, 0.3) is 0 Å². The lowest BCUT2D eigenvalue weighted by Crippen LogP contribution is -2.03. The Labute approximate surface area is 158 Å². The second-order valence-electron chi connectivity index (χ2n) is 5.80. The van der Waals surface area contributed by atoms with Gasteiger partial charge in [0.05, 0.1) is 4.88 Å². The van der Waals surface area contributed by atoms with Gasteiger partial charge in [-0.1, -0.05) is 47.2 Å². The van der Waals surface area contributed by atoms with Crippen molar-refractivity contribution in [3.63, 3.8) is 0 Å². The molecule has 0 atom stereocenters. The number of allylic oxidation sites excluding steroid dienone is 1. The second kappa shape index (κ2) is 9.23. The van der Waals surface area contributed by atoms with Crippen LogP contribution in [-0.2, 0) is 4.84 Å². The largest absolute Gasteiger partial charge is 0.395 e. The molecule has 0 unspecified atom stereocenters. The van der Waals surface area contributed by atoms with Gasteiger partial charge in [0.1, 0.15) is 16.7 Å². The fourth-order valence-corrected chi connectivity index (χ4v) is 4.07. The molecule has 0 saturated heterocycles. The van der Waals surface area contributed by atoms with Gasteiger partial charge in [-0.05, 0) is 18.8 Å². The first-order valence-corrected chi connectivity index (χ1v) is 9.97. The summed E-state index contributed by atoms with van der Waals surface area (Å²) >= 11 is 2.63. The highest BCUT2D eigenvalue weighted by atomic mass is 32.2. The van der Waals surface area contributed by atoms with E-state index in [1.165, 1.54) is 35.9 Å². The molecule has 1 saturated carbocycles. The third-order valence-corrected chi connectivity index (χ3v) is 5.84. The lowest BCUT2D eigenvalue weighted by molar-refractivity contribution is 0.134. The number of halogens is 3. The number of thioether (sulfide) groups is 1. The number of aromatic nitrogens is 1. The summed E-state index contributed by atoms with van der Waals surface area (Å²) in [6.07, 6.45) is 1.48. The summed E-state index contributed by atoms with van der Waals surface area (Å²) in [6, 6.07) is 9.64. The molecular weight excluding hydrogens is 381 g/mol. The number of oxime groups is 1. The van der Waals surface area contributed by atoms with Crippen LogP contribution in [0.1, 0.15) is 29.7 Å². The fraction of sp³-hybridized carbons (Fsp3) is 0.333. The minimum atomic E-state index is -2.25. The van der Waals surface area contributed by atoms with E-state index in [1.807, 2.05) is 30.3 Å². The van der Waals surface area contributed by atoms with E-state index in [4.69, 9.17) is 4.84 Å². The summed E-state index contributed by atoms with van der Waals surface area (Å²) in [5.74, 6) is -0.567. The Morgan fingerprint density at radius 1 is 1.23 bits per heavy atom. The molecule has 26 heavy (non-hydrogen) atoms. The molecular formula is C18H17F3N2OS2. The predicted octanol–water partition coefficient (Wildman–Crippen LogP) is 5.88. The molecule has 0 aliphatic heterocycles. The molecule has 1 aromatic heterocycles. The van der Waals surface area contributed by atoms with E-state index in [1.54, 1.807) is 6.20 Å². The van der Waals surface area contributed by atoms with E-state index in [2.05, 4.69) is 10.1 Å². The molecule has 0 radical (unpaired) electrons. The topological polar surface area (TPSA) is 34.5 Å². The van der Waals surface area contributed by atoms with Gasteiger partial charge in [0.2, 0.25) is 0 Å². The lowest BCUT2D eigenvalue weighted by atomic mass is 10.1. The maximum absolute atomic E-state index is 12.9. The third-order valence-electron chi connectivity index (χ3n) is 3.68. The molecule has 1 aromatic carbocycles. The average Bonchev–Trinajstić information content (AvgIpc) is 3.36.